The fourth-order valence-corrected chi connectivity index (χ4v) is 3.05. The molecule has 0 spiro atoms. The van der Waals surface area contributed by atoms with Crippen LogP contribution in [0.15, 0.2) is 34.9 Å². The van der Waals surface area contributed by atoms with Gasteiger partial charge in [-0.15, -0.1) is 0 Å². The first-order valence-electron chi connectivity index (χ1n) is 9.07. The zero-order valence-electron chi connectivity index (χ0n) is 16.7. The first kappa shape index (κ1) is 20.0. The highest BCUT2D eigenvalue weighted by atomic mass is 35.5. The number of benzene rings is 1. The molecule has 7 heteroatoms. The standard InChI is InChI=1S/C21H24ClN3O3/c1-12(2)16-9-17(22)13(3)8-20(16)27-11-15-6-7-19(28-15)21(26)23-18-10-25(5)24-14(18)4/h6-10,12H,11H2,1-5H3,(H,23,26). The van der Waals surface area contributed by atoms with Crippen molar-refractivity contribution in [3.05, 3.63) is 63.8 Å². The minimum absolute atomic E-state index is 0.221. The van der Waals surface area contributed by atoms with Crippen LogP contribution in [0, 0.1) is 13.8 Å². The van der Waals surface area contributed by atoms with E-state index in [1.807, 2.05) is 26.0 Å². The van der Waals surface area contributed by atoms with Crippen molar-refractivity contribution >= 4 is 23.2 Å². The summed E-state index contributed by atoms with van der Waals surface area (Å²) in [6.07, 6.45) is 1.75. The van der Waals surface area contributed by atoms with Gasteiger partial charge in [-0.2, -0.15) is 5.10 Å². The van der Waals surface area contributed by atoms with Gasteiger partial charge in [0.1, 0.15) is 18.1 Å². The highest BCUT2D eigenvalue weighted by Gasteiger charge is 2.16. The molecule has 0 bridgehead atoms. The summed E-state index contributed by atoms with van der Waals surface area (Å²) in [7, 11) is 1.80. The molecular weight excluding hydrogens is 378 g/mol. The Morgan fingerprint density at radius 3 is 2.71 bits per heavy atom. The van der Waals surface area contributed by atoms with E-state index in [0.29, 0.717) is 11.4 Å². The highest BCUT2D eigenvalue weighted by Crippen LogP contribution is 2.32. The Kier molecular flexibility index (Phi) is 5.79. The number of aromatic nitrogens is 2. The van der Waals surface area contributed by atoms with E-state index in [1.165, 1.54) is 0 Å². The van der Waals surface area contributed by atoms with Gasteiger partial charge in [-0.25, -0.2) is 0 Å². The Balaban J connectivity index is 1.69. The van der Waals surface area contributed by atoms with E-state index in [2.05, 4.69) is 24.3 Å². The van der Waals surface area contributed by atoms with Gasteiger partial charge in [0.05, 0.1) is 11.4 Å². The number of rotatable bonds is 6. The molecule has 0 radical (unpaired) electrons. The summed E-state index contributed by atoms with van der Waals surface area (Å²) < 4.78 is 13.3. The molecule has 1 aromatic carbocycles. The third-order valence-corrected chi connectivity index (χ3v) is 4.84. The lowest BCUT2D eigenvalue weighted by Crippen LogP contribution is -2.11. The molecule has 3 rings (SSSR count). The van der Waals surface area contributed by atoms with Gasteiger partial charge in [0.2, 0.25) is 0 Å². The number of nitrogens with zero attached hydrogens (tertiary/aromatic N) is 2. The van der Waals surface area contributed by atoms with Crippen molar-refractivity contribution in [2.45, 2.75) is 40.2 Å². The van der Waals surface area contributed by atoms with Crippen molar-refractivity contribution in [3.63, 3.8) is 0 Å². The number of nitrogens with one attached hydrogen (secondary N) is 1. The van der Waals surface area contributed by atoms with Crippen LogP contribution in [0.25, 0.3) is 0 Å². The minimum atomic E-state index is -0.326. The van der Waals surface area contributed by atoms with E-state index in [9.17, 15) is 4.79 Å². The molecule has 0 aliphatic heterocycles. The van der Waals surface area contributed by atoms with Crippen molar-refractivity contribution < 1.29 is 13.9 Å². The monoisotopic (exact) mass is 401 g/mol. The first-order chi connectivity index (χ1) is 13.2. The van der Waals surface area contributed by atoms with Gasteiger partial charge in [0, 0.05) is 18.3 Å². The van der Waals surface area contributed by atoms with Gasteiger partial charge < -0.3 is 14.5 Å². The molecular formula is C21H24ClN3O3. The largest absolute Gasteiger partial charge is 0.485 e. The fraction of sp³-hybridized carbons (Fsp3) is 0.333. The van der Waals surface area contributed by atoms with Gasteiger partial charge in [-0.3, -0.25) is 9.48 Å². The summed E-state index contributed by atoms with van der Waals surface area (Å²) in [5.41, 5.74) is 3.38. The minimum Gasteiger partial charge on any atom is -0.485 e. The third kappa shape index (κ3) is 4.39. The van der Waals surface area contributed by atoms with Gasteiger partial charge >= 0.3 is 0 Å². The first-order valence-corrected chi connectivity index (χ1v) is 9.45. The number of aryl methyl sites for hydroxylation is 3. The maximum Gasteiger partial charge on any atom is 0.291 e. The molecule has 0 aliphatic rings. The second-order valence-corrected chi connectivity index (χ2v) is 7.51. The van der Waals surface area contributed by atoms with Crippen LogP contribution in [0.2, 0.25) is 5.02 Å². The van der Waals surface area contributed by atoms with Gasteiger partial charge in [-0.1, -0.05) is 25.4 Å². The summed E-state index contributed by atoms with van der Waals surface area (Å²) in [6.45, 7) is 8.17. The van der Waals surface area contributed by atoms with Crippen molar-refractivity contribution in [1.82, 2.24) is 9.78 Å². The Morgan fingerprint density at radius 1 is 1.32 bits per heavy atom. The summed E-state index contributed by atoms with van der Waals surface area (Å²) in [5, 5.41) is 7.73. The predicted molar refractivity (Wildman–Crippen MR) is 109 cm³/mol. The van der Waals surface area contributed by atoms with Crippen LogP contribution in [0.4, 0.5) is 5.69 Å². The highest BCUT2D eigenvalue weighted by molar-refractivity contribution is 6.31. The van der Waals surface area contributed by atoms with E-state index < -0.39 is 0 Å². The molecule has 1 amide bonds. The fourth-order valence-electron chi connectivity index (χ4n) is 2.88. The SMILES string of the molecule is Cc1cc(OCc2ccc(C(=O)Nc3cn(C)nc3C)o2)c(C(C)C)cc1Cl. The van der Waals surface area contributed by atoms with Crippen LogP contribution in [-0.2, 0) is 13.7 Å². The molecule has 6 nitrogen and oxygen atoms in total. The zero-order valence-corrected chi connectivity index (χ0v) is 17.4. The van der Waals surface area contributed by atoms with E-state index in [1.54, 1.807) is 30.1 Å². The van der Waals surface area contributed by atoms with Crippen LogP contribution >= 0.6 is 11.6 Å². The van der Waals surface area contributed by atoms with Crippen LogP contribution in [-0.4, -0.2) is 15.7 Å². The molecule has 0 fully saturated rings. The van der Waals surface area contributed by atoms with Crippen LogP contribution in [0.5, 0.6) is 5.75 Å². The van der Waals surface area contributed by atoms with Crippen LogP contribution < -0.4 is 10.1 Å². The normalized spacial score (nSPS) is 11.1. The second kappa shape index (κ2) is 8.10. The van der Waals surface area contributed by atoms with Crippen molar-refractivity contribution in [3.8, 4) is 5.75 Å². The average molecular weight is 402 g/mol. The molecule has 0 aliphatic carbocycles. The number of furan rings is 1. The van der Waals surface area contributed by atoms with E-state index in [4.69, 9.17) is 20.8 Å². The summed E-state index contributed by atoms with van der Waals surface area (Å²) in [5.74, 6) is 1.50. The Hall–Kier alpha value is -2.73. The van der Waals surface area contributed by atoms with Crippen LogP contribution in [0.1, 0.15) is 52.9 Å². The Labute approximate surface area is 169 Å². The number of anilines is 1. The number of ether oxygens (including phenoxy) is 1. The molecule has 1 N–H and O–H groups in total. The number of amides is 1. The van der Waals surface area contributed by atoms with E-state index >= 15 is 0 Å². The molecule has 0 saturated heterocycles. The topological polar surface area (TPSA) is 69.3 Å². The molecule has 0 saturated carbocycles. The maximum absolute atomic E-state index is 12.4. The number of halogens is 1. The molecule has 148 valence electrons. The molecule has 0 atom stereocenters. The second-order valence-electron chi connectivity index (χ2n) is 7.10. The molecule has 0 unspecified atom stereocenters. The van der Waals surface area contributed by atoms with Gasteiger partial charge in [0.15, 0.2) is 5.76 Å². The lowest BCUT2D eigenvalue weighted by molar-refractivity contribution is 0.0992. The molecule has 2 aromatic heterocycles. The summed E-state index contributed by atoms with van der Waals surface area (Å²) in [4.78, 5) is 12.4. The van der Waals surface area contributed by atoms with Crippen molar-refractivity contribution in [1.29, 1.82) is 0 Å². The maximum atomic E-state index is 12.4. The van der Waals surface area contributed by atoms with Gasteiger partial charge in [0.25, 0.3) is 5.91 Å². The number of hydrogen-bond donors (Lipinski definition) is 1. The number of carbonyl (C=O) groups is 1. The summed E-state index contributed by atoms with van der Waals surface area (Å²) >= 11 is 6.24. The Morgan fingerprint density at radius 2 is 2.07 bits per heavy atom. The Bertz CT molecular complexity index is 1000. The quantitative estimate of drug-likeness (QED) is 0.613. The molecule has 28 heavy (non-hydrogen) atoms. The van der Waals surface area contributed by atoms with Gasteiger partial charge in [-0.05, 0) is 55.2 Å². The average Bonchev–Trinajstić information content (AvgIpc) is 3.22. The summed E-state index contributed by atoms with van der Waals surface area (Å²) in [6, 6.07) is 7.24. The smallest absolute Gasteiger partial charge is 0.291 e. The zero-order chi connectivity index (χ0) is 20.4. The third-order valence-electron chi connectivity index (χ3n) is 4.43. The van der Waals surface area contributed by atoms with Crippen molar-refractivity contribution in [2.24, 2.45) is 7.05 Å². The molecule has 2 heterocycles. The molecule has 3 aromatic rings. The van der Waals surface area contributed by atoms with E-state index in [0.717, 1.165) is 27.6 Å². The lowest BCUT2D eigenvalue weighted by atomic mass is 10.0. The predicted octanol–water partition coefficient (Wildman–Crippen LogP) is 5.24. The van der Waals surface area contributed by atoms with E-state index in [-0.39, 0.29) is 24.2 Å². The van der Waals surface area contributed by atoms with Crippen molar-refractivity contribution in [2.75, 3.05) is 5.32 Å². The number of hydrogen-bond acceptors (Lipinski definition) is 4. The lowest BCUT2D eigenvalue weighted by Gasteiger charge is -2.15. The number of carbonyl (C=O) groups excluding carboxylic acids is 1. The van der Waals surface area contributed by atoms with Crippen LogP contribution in [0.3, 0.4) is 0 Å².